The van der Waals surface area contributed by atoms with Crippen LogP contribution in [-0.4, -0.2) is 41.1 Å². The summed E-state index contributed by atoms with van der Waals surface area (Å²) in [6.45, 7) is 4.17. The fourth-order valence-electron chi connectivity index (χ4n) is 2.70. The number of sulfonamides is 1. The third kappa shape index (κ3) is 4.80. The second-order valence-corrected chi connectivity index (χ2v) is 8.77. The van der Waals surface area contributed by atoms with E-state index in [2.05, 4.69) is 14.9 Å². The predicted molar refractivity (Wildman–Crippen MR) is 107 cm³/mol. The SMILES string of the molecule is Cc1cc(-c2cc(-c3cc(S(=O)(=O)NCC(C)(O)O)ccc3C)cnc2N)on1. The maximum absolute atomic E-state index is 12.5. The van der Waals surface area contributed by atoms with Crippen molar-refractivity contribution in [3.63, 3.8) is 0 Å². The maximum Gasteiger partial charge on any atom is 0.240 e. The van der Waals surface area contributed by atoms with Gasteiger partial charge in [-0.25, -0.2) is 18.1 Å². The molecule has 10 heteroatoms. The molecule has 0 spiro atoms. The van der Waals surface area contributed by atoms with E-state index < -0.39 is 22.4 Å². The molecule has 0 radical (unpaired) electrons. The summed E-state index contributed by atoms with van der Waals surface area (Å²) in [7, 11) is -3.95. The van der Waals surface area contributed by atoms with Crippen LogP contribution >= 0.6 is 0 Å². The molecule has 9 nitrogen and oxygen atoms in total. The minimum Gasteiger partial charge on any atom is -0.383 e. The van der Waals surface area contributed by atoms with Crippen molar-refractivity contribution in [3.8, 4) is 22.5 Å². The average Bonchev–Trinajstić information content (AvgIpc) is 3.06. The van der Waals surface area contributed by atoms with Gasteiger partial charge >= 0.3 is 0 Å². The number of aryl methyl sites for hydroxylation is 2. The van der Waals surface area contributed by atoms with E-state index in [9.17, 15) is 18.6 Å². The summed E-state index contributed by atoms with van der Waals surface area (Å²) in [5.41, 5.74) is 9.32. The van der Waals surface area contributed by atoms with Crippen LogP contribution in [0.4, 0.5) is 5.82 Å². The van der Waals surface area contributed by atoms with Crippen LogP contribution < -0.4 is 10.5 Å². The second-order valence-electron chi connectivity index (χ2n) is 7.01. The van der Waals surface area contributed by atoms with E-state index in [0.29, 0.717) is 28.1 Å². The topological polar surface area (TPSA) is 152 Å². The lowest BCUT2D eigenvalue weighted by atomic mass is 10.00. The highest BCUT2D eigenvalue weighted by atomic mass is 32.2. The summed E-state index contributed by atoms with van der Waals surface area (Å²) < 4.78 is 32.5. The lowest BCUT2D eigenvalue weighted by Crippen LogP contribution is -2.40. The van der Waals surface area contributed by atoms with E-state index in [1.54, 1.807) is 31.3 Å². The van der Waals surface area contributed by atoms with E-state index in [0.717, 1.165) is 12.5 Å². The number of nitrogens with zero attached hydrogens (tertiary/aromatic N) is 2. The van der Waals surface area contributed by atoms with Crippen LogP contribution in [0.5, 0.6) is 0 Å². The van der Waals surface area contributed by atoms with Crippen molar-refractivity contribution in [2.75, 3.05) is 12.3 Å². The summed E-state index contributed by atoms with van der Waals surface area (Å²) in [5, 5.41) is 22.6. The molecule has 0 amide bonds. The summed E-state index contributed by atoms with van der Waals surface area (Å²) in [4.78, 5) is 4.18. The quantitative estimate of drug-likeness (QED) is 0.440. The maximum atomic E-state index is 12.5. The number of nitrogens with two attached hydrogens (primary N) is 1. The molecule has 0 saturated heterocycles. The van der Waals surface area contributed by atoms with Crippen molar-refractivity contribution in [1.29, 1.82) is 0 Å². The molecule has 29 heavy (non-hydrogen) atoms. The molecular weight excluding hydrogens is 396 g/mol. The number of aromatic nitrogens is 2. The Hall–Kier alpha value is -2.79. The van der Waals surface area contributed by atoms with Crippen LogP contribution in [-0.2, 0) is 10.0 Å². The zero-order valence-corrected chi connectivity index (χ0v) is 17.0. The Bertz CT molecular complexity index is 1150. The van der Waals surface area contributed by atoms with Gasteiger partial charge in [-0.1, -0.05) is 11.2 Å². The lowest BCUT2D eigenvalue weighted by molar-refractivity contribution is -0.137. The molecule has 0 atom stereocenters. The fraction of sp³-hybridized carbons (Fsp3) is 0.263. The van der Waals surface area contributed by atoms with Crippen LogP contribution in [0.25, 0.3) is 22.5 Å². The third-order valence-electron chi connectivity index (χ3n) is 4.24. The van der Waals surface area contributed by atoms with Crippen LogP contribution in [0.3, 0.4) is 0 Å². The van der Waals surface area contributed by atoms with Crippen molar-refractivity contribution in [2.45, 2.75) is 31.5 Å². The van der Waals surface area contributed by atoms with Gasteiger partial charge in [0, 0.05) is 17.8 Å². The Kier molecular flexibility index (Phi) is 5.46. The number of hydrogen-bond donors (Lipinski definition) is 4. The molecule has 0 aliphatic rings. The average molecular weight is 418 g/mol. The van der Waals surface area contributed by atoms with Crippen molar-refractivity contribution >= 4 is 15.8 Å². The summed E-state index contributed by atoms with van der Waals surface area (Å²) in [6, 6.07) is 8.09. The summed E-state index contributed by atoms with van der Waals surface area (Å²) in [6.07, 6.45) is 1.55. The predicted octanol–water partition coefficient (Wildman–Crippen LogP) is 1.58. The molecule has 0 saturated carbocycles. The van der Waals surface area contributed by atoms with Gasteiger partial charge in [0.15, 0.2) is 11.5 Å². The minimum atomic E-state index is -3.95. The van der Waals surface area contributed by atoms with Gasteiger partial charge in [-0.05, 0) is 50.1 Å². The van der Waals surface area contributed by atoms with Crippen molar-refractivity contribution in [1.82, 2.24) is 14.9 Å². The molecule has 3 rings (SSSR count). The molecule has 3 aromatic rings. The number of hydrogen-bond acceptors (Lipinski definition) is 8. The first-order valence-electron chi connectivity index (χ1n) is 8.71. The van der Waals surface area contributed by atoms with Crippen LogP contribution in [0, 0.1) is 13.8 Å². The highest BCUT2D eigenvalue weighted by Crippen LogP contribution is 2.32. The molecule has 0 bridgehead atoms. The molecule has 0 aliphatic heterocycles. The van der Waals surface area contributed by atoms with Gasteiger partial charge in [0.1, 0.15) is 5.82 Å². The first kappa shape index (κ1) is 20.9. The molecular formula is C19H22N4O5S. The summed E-state index contributed by atoms with van der Waals surface area (Å²) >= 11 is 0. The molecule has 2 aromatic heterocycles. The van der Waals surface area contributed by atoms with Crippen LogP contribution in [0.2, 0.25) is 0 Å². The molecule has 0 aliphatic carbocycles. The Morgan fingerprint density at radius 2 is 1.90 bits per heavy atom. The zero-order chi connectivity index (χ0) is 21.4. The zero-order valence-electron chi connectivity index (χ0n) is 16.2. The highest BCUT2D eigenvalue weighted by molar-refractivity contribution is 7.89. The molecule has 0 fully saturated rings. The molecule has 1 aromatic carbocycles. The Morgan fingerprint density at radius 1 is 1.17 bits per heavy atom. The highest BCUT2D eigenvalue weighted by Gasteiger charge is 2.22. The molecule has 2 heterocycles. The van der Waals surface area contributed by atoms with Crippen molar-refractivity contribution in [2.24, 2.45) is 0 Å². The van der Waals surface area contributed by atoms with Crippen molar-refractivity contribution < 1.29 is 23.2 Å². The number of benzene rings is 1. The number of pyridine rings is 1. The van der Waals surface area contributed by atoms with E-state index in [1.807, 2.05) is 6.92 Å². The Balaban J connectivity index is 2.03. The first-order valence-corrected chi connectivity index (χ1v) is 10.2. The number of nitrogens with one attached hydrogen (secondary N) is 1. The van der Waals surface area contributed by atoms with Gasteiger partial charge in [-0.3, -0.25) is 0 Å². The van der Waals surface area contributed by atoms with Gasteiger partial charge in [-0.2, -0.15) is 0 Å². The number of aliphatic hydroxyl groups is 2. The molecule has 0 unspecified atom stereocenters. The Labute approximate surface area is 168 Å². The number of anilines is 1. The second kappa shape index (κ2) is 7.56. The van der Waals surface area contributed by atoms with Crippen LogP contribution in [0.15, 0.2) is 45.9 Å². The van der Waals surface area contributed by atoms with E-state index >= 15 is 0 Å². The monoisotopic (exact) mass is 418 g/mol. The van der Waals surface area contributed by atoms with Gasteiger partial charge < -0.3 is 20.5 Å². The van der Waals surface area contributed by atoms with Gasteiger partial charge in [0.05, 0.1) is 22.7 Å². The standard InChI is InChI=1S/C19H22N4O5S/c1-11-4-5-14(29(26,27)22-10-19(3,24)25)8-15(11)13-7-16(18(20)21-9-13)17-6-12(2)23-28-17/h4-9,22,24-25H,10H2,1-3H3,(H2,20,21). The minimum absolute atomic E-state index is 0.0174. The number of rotatable bonds is 6. The number of nitrogen functional groups attached to an aromatic ring is 1. The van der Waals surface area contributed by atoms with E-state index in [-0.39, 0.29) is 10.7 Å². The summed E-state index contributed by atoms with van der Waals surface area (Å²) in [5.74, 6) is -1.44. The van der Waals surface area contributed by atoms with Crippen molar-refractivity contribution in [3.05, 3.63) is 47.8 Å². The van der Waals surface area contributed by atoms with Gasteiger partial charge in [-0.15, -0.1) is 0 Å². The molecule has 5 N–H and O–H groups in total. The molecule has 154 valence electrons. The smallest absolute Gasteiger partial charge is 0.240 e. The van der Waals surface area contributed by atoms with E-state index in [1.165, 1.54) is 12.1 Å². The fourth-order valence-corrected chi connectivity index (χ4v) is 3.86. The van der Waals surface area contributed by atoms with Gasteiger partial charge in [0.25, 0.3) is 0 Å². The van der Waals surface area contributed by atoms with E-state index in [4.69, 9.17) is 10.3 Å². The third-order valence-corrected chi connectivity index (χ3v) is 5.64. The largest absolute Gasteiger partial charge is 0.383 e. The Morgan fingerprint density at radius 3 is 2.52 bits per heavy atom. The van der Waals surface area contributed by atoms with Crippen LogP contribution in [0.1, 0.15) is 18.2 Å². The normalized spacial score (nSPS) is 12.3. The first-order chi connectivity index (χ1) is 13.5. The lowest BCUT2D eigenvalue weighted by Gasteiger charge is -2.17. The van der Waals surface area contributed by atoms with Gasteiger partial charge in [0.2, 0.25) is 10.0 Å².